The molecule has 0 saturated carbocycles. The summed E-state index contributed by atoms with van der Waals surface area (Å²) in [5.74, 6) is -1.05. The van der Waals surface area contributed by atoms with E-state index in [0.29, 0.717) is 24.3 Å². The molecule has 0 aliphatic heterocycles. The van der Waals surface area contributed by atoms with Crippen molar-refractivity contribution >= 4 is 75.6 Å². The minimum atomic E-state index is -0.520. The third-order valence-corrected chi connectivity index (χ3v) is 5.58. The Morgan fingerprint density at radius 2 is 1.57 bits per heavy atom. The average Bonchev–Trinajstić information content (AvgIpc) is 2.69. The van der Waals surface area contributed by atoms with Gasteiger partial charge in [-0.1, -0.05) is 71.0 Å². The van der Waals surface area contributed by atoms with Gasteiger partial charge in [-0.05, 0) is 24.6 Å². The van der Waals surface area contributed by atoms with Gasteiger partial charge in [0.2, 0.25) is 0 Å². The van der Waals surface area contributed by atoms with Crippen LogP contribution in [-0.2, 0) is 9.53 Å². The van der Waals surface area contributed by atoms with Crippen LogP contribution in [-0.4, -0.2) is 25.1 Å². The van der Waals surface area contributed by atoms with Crippen LogP contribution < -0.4 is 10.1 Å². The van der Waals surface area contributed by atoms with Gasteiger partial charge in [0, 0.05) is 5.69 Å². The Morgan fingerprint density at radius 3 is 2.18 bits per heavy atom. The fourth-order valence-corrected chi connectivity index (χ4v) is 3.28. The third-order valence-electron chi connectivity index (χ3n) is 3.34. The Bertz CT molecular complexity index is 875. The zero-order valence-corrected chi connectivity index (χ0v) is 18.2. The van der Waals surface area contributed by atoms with Gasteiger partial charge < -0.3 is 14.8 Å². The second-order valence-corrected chi connectivity index (χ2v) is 7.34. The van der Waals surface area contributed by atoms with Crippen LogP contribution in [0.25, 0.3) is 0 Å². The van der Waals surface area contributed by atoms with Crippen molar-refractivity contribution in [1.29, 1.82) is 0 Å². The van der Waals surface area contributed by atoms with Gasteiger partial charge in [0.1, 0.15) is 10.0 Å². The predicted octanol–water partition coefficient (Wildman–Crippen LogP) is 6.54. The molecule has 2 rings (SSSR count). The van der Waals surface area contributed by atoms with E-state index in [1.807, 2.05) is 6.92 Å². The number of ether oxygens (including phenoxy) is 2. The lowest BCUT2D eigenvalue weighted by molar-refractivity contribution is -0.118. The monoisotopic (exact) mass is 483 g/mol. The van der Waals surface area contributed by atoms with Gasteiger partial charge in [0.25, 0.3) is 5.91 Å². The summed E-state index contributed by atoms with van der Waals surface area (Å²) >= 11 is 29.9. The molecule has 0 radical (unpaired) electrons. The van der Waals surface area contributed by atoms with Crippen LogP contribution in [0.4, 0.5) is 5.69 Å². The molecule has 1 N–H and O–H groups in total. The number of carbonyl (C=O) groups is 2. The number of anilines is 1. The molecule has 0 heterocycles. The van der Waals surface area contributed by atoms with Crippen LogP contribution in [0.3, 0.4) is 0 Å². The lowest BCUT2D eigenvalue weighted by Crippen LogP contribution is -2.20. The fourth-order valence-electron chi connectivity index (χ4n) is 2.05. The zero-order chi connectivity index (χ0) is 20.8. The van der Waals surface area contributed by atoms with Crippen molar-refractivity contribution in [3.8, 4) is 5.75 Å². The van der Waals surface area contributed by atoms with Crippen molar-refractivity contribution in [2.45, 2.75) is 13.3 Å². The molecule has 28 heavy (non-hydrogen) atoms. The number of hydrogen-bond donors (Lipinski definition) is 1. The molecule has 2 aromatic rings. The second kappa shape index (κ2) is 10.4. The molecule has 0 spiro atoms. The van der Waals surface area contributed by atoms with E-state index in [9.17, 15) is 9.59 Å². The Balaban J connectivity index is 2.05. The fraction of sp³-hybridized carbons (Fsp3) is 0.222. The second-order valence-electron chi connectivity index (χ2n) is 5.45. The topological polar surface area (TPSA) is 64.6 Å². The lowest BCUT2D eigenvalue weighted by Gasteiger charge is -2.14. The summed E-state index contributed by atoms with van der Waals surface area (Å²) in [5.41, 5.74) is 0.707. The molecule has 2 aromatic carbocycles. The highest BCUT2D eigenvalue weighted by molar-refractivity contribution is 6.55. The molecule has 0 unspecified atom stereocenters. The summed E-state index contributed by atoms with van der Waals surface area (Å²) in [6.45, 7) is 1.78. The molecule has 10 heteroatoms. The lowest BCUT2D eigenvalue weighted by atomic mass is 10.2. The molecule has 150 valence electrons. The van der Waals surface area contributed by atoms with Gasteiger partial charge >= 0.3 is 5.97 Å². The SMILES string of the molecule is CCCOC(=O)c1cccc(NC(=O)COc2c(Cl)c(Cl)c(Cl)c(Cl)c2Cl)c1. The first-order valence-corrected chi connectivity index (χ1v) is 9.86. The number of nitrogens with one attached hydrogen (secondary N) is 1. The smallest absolute Gasteiger partial charge is 0.338 e. The molecule has 0 fully saturated rings. The van der Waals surface area contributed by atoms with Crippen LogP contribution in [0.15, 0.2) is 24.3 Å². The summed E-state index contributed by atoms with van der Waals surface area (Å²) in [5, 5.41) is 2.39. The van der Waals surface area contributed by atoms with E-state index < -0.39 is 18.5 Å². The van der Waals surface area contributed by atoms with E-state index in [0.717, 1.165) is 0 Å². The van der Waals surface area contributed by atoms with E-state index in [-0.39, 0.29) is 30.9 Å². The third kappa shape index (κ3) is 5.58. The number of hydrogen-bond acceptors (Lipinski definition) is 4. The Labute approximate surface area is 186 Å². The van der Waals surface area contributed by atoms with Crippen LogP contribution >= 0.6 is 58.0 Å². The van der Waals surface area contributed by atoms with Crippen LogP contribution in [0.2, 0.25) is 25.1 Å². The number of halogens is 5. The van der Waals surface area contributed by atoms with E-state index >= 15 is 0 Å². The van der Waals surface area contributed by atoms with Crippen LogP contribution in [0.5, 0.6) is 5.75 Å². The molecule has 0 atom stereocenters. The first-order chi connectivity index (χ1) is 13.3. The van der Waals surface area contributed by atoms with E-state index in [2.05, 4.69) is 5.32 Å². The number of esters is 1. The van der Waals surface area contributed by atoms with Crippen molar-refractivity contribution < 1.29 is 19.1 Å². The first kappa shape index (κ1) is 22.9. The number of carbonyl (C=O) groups excluding carboxylic acids is 2. The maximum atomic E-state index is 12.2. The van der Waals surface area contributed by atoms with Crippen molar-refractivity contribution in [2.24, 2.45) is 0 Å². The number of rotatable bonds is 7. The normalized spacial score (nSPS) is 10.5. The maximum Gasteiger partial charge on any atom is 0.338 e. The standard InChI is InChI=1S/C18H14Cl5NO4/c1-2-6-27-18(26)9-4-3-5-10(7-9)24-11(25)8-28-17-15(22)13(20)12(19)14(21)16(17)23/h3-5,7H,2,6,8H2,1H3,(H,24,25). The summed E-state index contributed by atoms with van der Waals surface area (Å²) in [7, 11) is 0. The molecule has 0 saturated heterocycles. The summed E-state index contributed by atoms with van der Waals surface area (Å²) in [6, 6.07) is 6.31. The van der Waals surface area contributed by atoms with Gasteiger partial charge in [-0.25, -0.2) is 4.79 Å². The van der Waals surface area contributed by atoms with E-state index in [4.69, 9.17) is 67.5 Å². The Kier molecular flexibility index (Phi) is 8.53. The van der Waals surface area contributed by atoms with Gasteiger partial charge in [0.15, 0.2) is 12.4 Å². The largest absolute Gasteiger partial charge is 0.481 e. The molecule has 1 amide bonds. The van der Waals surface area contributed by atoms with Gasteiger partial charge in [-0.15, -0.1) is 0 Å². The summed E-state index contributed by atoms with van der Waals surface area (Å²) in [6.07, 6.45) is 0.712. The zero-order valence-electron chi connectivity index (χ0n) is 14.5. The summed E-state index contributed by atoms with van der Waals surface area (Å²) < 4.78 is 10.4. The highest BCUT2D eigenvalue weighted by atomic mass is 35.5. The minimum Gasteiger partial charge on any atom is -0.481 e. The van der Waals surface area contributed by atoms with Gasteiger partial charge in [-0.2, -0.15) is 0 Å². The van der Waals surface area contributed by atoms with Gasteiger partial charge in [-0.3, -0.25) is 4.79 Å². The van der Waals surface area contributed by atoms with Crippen molar-refractivity contribution in [3.63, 3.8) is 0 Å². The van der Waals surface area contributed by atoms with Crippen molar-refractivity contribution in [2.75, 3.05) is 18.5 Å². The summed E-state index contributed by atoms with van der Waals surface area (Å²) in [4.78, 5) is 24.1. The van der Waals surface area contributed by atoms with Crippen LogP contribution in [0.1, 0.15) is 23.7 Å². The molecular formula is C18H14Cl5NO4. The van der Waals surface area contributed by atoms with Crippen molar-refractivity contribution in [3.05, 3.63) is 54.9 Å². The molecular weight excluding hydrogens is 471 g/mol. The number of amides is 1. The van der Waals surface area contributed by atoms with Crippen LogP contribution in [0, 0.1) is 0 Å². The number of benzene rings is 2. The highest BCUT2D eigenvalue weighted by Gasteiger charge is 2.21. The van der Waals surface area contributed by atoms with Crippen molar-refractivity contribution in [1.82, 2.24) is 0 Å². The highest BCUT2D eigenvalue weighted by Crippen LogP contribution is 2.48. The minimum absolute atomic E-state index is 0.0121. The Morgan fingerprint density at radius 1 is 0.964 bits per heavy atom. The van der Waals surface area contributed by atoms with E-state index in [1.54, 1.807) is 18.2 Å². The molecule has 5 nitrogen and oxygen atoms in total. The Hall–Kier alpha value is -1.37. The quantitative estimate of drug-likeness (QED) is 0.275. The molecule has 0 bridgehead atoms. The predicted molar refractivity (Wildman–Crippen MR) is 113 cm³/mol. The maximum absolute atomic E-state index is 12.2. The molecule has 0 aromatic heterocycles. The van der Waals surface area contributed by atoms with E-state index in [1.165, 1.54) is 6.07 Å². The average molecular weight is 486 g/mol. The molecule has 0 aliphatic rings. The van der Waals surface area contributed by atoms with Gasteiger partial charge in [0.05, 0.1) is 27.2 Å². The molecule has 0 aliphatic carbocycles. The first-order valence-electron chi connectivity index (χ1n) is 7.97.